The fourth-order valence-electron chi connectivity index (χ4n) is 3.41. The standard InChI is InChI=1S/C20H31NO4/c1-5-23-17-8-7-15(13-18(17)24-6-2)14-19(22)25-20(3,4)16-9-11-21-12-10-16/h7-8,13,16,21H,5-6,9-12,14H2,1-4H3/p+1. The minimum absolute atomic E-state index is 0.189. The largest absolute Gasteiger partial charge is 0.490 e. The average Bonchev–Trinajstić information content (AvgIpc) is 2.58. The smallest absolute Gasteiger partial charge is 0.310 e. The van der Waals surface area contributed by atoms with Gasteiger partial charge in [0, 0.05) is 18.8 Å². The molecule has 2 rings (SSSR count). The van der Waals surface area contributed by atoms with E-state index in [4.69, 9.17) is 14.2 Å². The fraction of sp³-hybridized carbons (Fsp3) is 0.650. The maximum atomic E-state index is 12.4. The molecule has 0 atom stereocenters. The topological polar surface area (TPSA) is 61.4 Å². The molecule has 0 unspecified atom stereocenters. The maximum absolute atomic E-state index is 12.4. The molecule has 0 bridgehead atoms. The predicted molar refractivity (Wildman–Crippen MR) is 97.0 cm³/mol. The van der Waals surface area contributed by atoms with Crippen molar-refractivity contribution in [2.24, 2.45) is 5.92 Å². The number of carbonyl (C=O) groups is 1. The highest BCUT2D eigenvalue weighted by atomic mass is 16.6. The molecular formula is C20H32NO4+. The Hall–Kier alpha value is -1.75. The first-order valence-corrected chi connectivity index (χ1v) is 9.38. The number of hydrogen-bond donors (Lipinski definition) is 1. The summed E-state index contributed by atoms with van der Waals surface area (Å²) >= 11 is 0. The Morgan fingerprint density at radius 2 is 1.76 bits per heavy atom. The molecule has 0 aromatic heterocycles. The number of piperidine rings is 1. The van der Waals surface area contributed by atoms with Gasteiger partial charge in [0.1, 0.15) is 5.60 Å². The third-order valence-corrected chi connectivity index (χ3v) is 4.75. The van der Waals surface area contributed by atoms with Gasteiger partial charge in [-0.05, 0) is 45.4 Å². The number of nitrogens with two attached hydrogens (primary N) is 1. The second-order valence-electron chi connectivity index (χ2n) is 7.04. The van der Waals surface area contributed by atoms with Crippen molar-refractivity contribution in [2.75, 3.05) is 26.3 Å². The Labute approximate surface area is 151 Å². The molecule has 1 aromatic rings. The van der Waals surface area contributed by atoms with E-state index in [1.807, 2.05) is 45.9 Å². The molecule has 1 aliphatic rings. The third kappa shape index (κ3) is 5.63. The lowest BCUT2D eigenvalue weighted by Crippen LogP contribution is -2.86. The summed E-state index contributed by atoms with van der Waals surface area (Å²) in [5.41, 5.74) is 0.462. The van der Waals surface area contributed by atoms with Crippen molar-refractivity contribution in [1.82, 2.24) is 0 Å². The van der Waals surface area contributed by atoms with Gasteiger partial charge in [-0.3, -0.25) is 4.79 Å². The van der Waals surface area contributed by atoms with Crippen molar-refractivity contribution >= 4 is 5.97 Å². The normalized spacial score (nSPS) is 15.7. The molecule has 2 N–H and O–H groups in total. The van der Waals surface area contributed by atoms with Crippen LogP contribution in [0.15, 0.2) is 18.2 Å². The Bertz CT molecular complexity index is 565. The minimum atomic E-state index is -0.417. The van der Waals surface area contributed by atoms with Crippen molar-refractivity contribution in [3.8, 4) is 11.5 Å². The molecule has 1 aliphatic heterocycles. The zero-order chi connectivity index (χ0) is 18.3. The SMILES string of the molecule is CCOc1ccc(CC(=O)OC(C)(C)C2CC[NH2+]CC2)cc1OCC. The highest BCUT2D eigenvalue weighted by Crippen LogP contribution is 2.30. The zero-order valence-electron chi connectivity index (χ0n) is 16.0. The summed E-state index contributed by atoms with van der Waals surface area (Å²) in [7, 11) is 0. The molecule has 1 aromatic carbocycles. The summed E-state index contributed by atoms with van der Waals surface area (Å²) in [6.45, 7) is 11.3. The molecule has 0 radical (unpaired) electrons. The quantitative estimate of drug-likeness (QED) is 0.731. The highest BCUT2D eigenvalue weighted by Gasteiger charge is 2.35. The van der Waals surface area contributed by atoms with Gasteiger partial charge in [-0.15, -0.1) is 0 Å². The highest BCUT2D eigenvalue weighted by molar-refractivity contribution is 5.73. The lowest BCUT2D eigenvalue weighted by molar-refractivity contribution is -0.665. The van der Waals surface area contributed by atoms with E-state index in [1.54, 1.807) is 0 Å². The van der Waals surface area contributed by atoms with Gasteiger partial charge < -0.3 is 19.5 Å². The van der Waals surface area contributed by atoms with Gasteiger partial charge in [-0.2, -0.15) is 0 Å². The lowest BCUT2D eigenvalue weighted by Gasteiger charge is -2.35. The summed E-state index contributed by atoms with van der Waals surface area (Å²) in [6, 6.07) is 5.63. The molecule has 0 saturated carbocycles. The zero-order valence-corrected chi connectivity index (χ0v) is 16.0. The minimum Gasteiger partial charge on any atom is -0.490 e. The van der Waals surface area contributed by atoms with Gasteiger partial charge in [0.15, 0.2) is 11.5 Å². The lowest BCUT2D eigenvalue weighted by atomic mass is 9.83. The monoisotopic (exact) mass is 350 g/mol. The first-order valence-electron chi connectivity index (χ1n) is 9.38. The number of rotatable bonds is 8. The Morgan fingerprint density at radius 1 is 1.12 bits per heavy atom. The van der Waals surface area contributed by atoms with Gasteiger partial charge >= 0.3 is 5.97 Å². The molecule has 25 heavy (non-hydrogen) atoms. The van der Waals surface area contributed by atoms with E-state index in [1.165, 1.54) is 0 Å². The third-order valence-electron chi connectivity index (χ3n) is 4.75. The van der Waals surface area contributed by atoms with Crippen LogP contribution in [-0.2, 0) is 16.0 Å². The van der Waals surface area contributed by atoms with Crippen molar-refractivity contribution in [3.05, 3.63) is 23.8 Å². The van der Waals surface area contributed by atoms with Crippen molar-refractivity contribution in [2.45, 2.75) is 52.6 Å². The van der Waals surface area contributed by atoms with Crippen LogP contribution in [0.2, 0.25) is 0 Å². The molecule has 0 aliphatic carbocycles. The number of carbonyl (C=O) groups excluding carboxylic acids is 1. The van der Waals surface area contributed by atoms with Crippen molar-refractivity contribution < 1.29 is 24.3 Å². The van der Waals surface area contributed by atoms with Gasteiger partial charge in [0.05, 0.1) is 32.7 Å². The van der Waals surface area contributed by atoms with Crippen LogP contribution in [0, 0.1) is 5.92 Å². The van der Waals surface area contributed by atoms with E-state index in [9.17, 15) is 4.79 Å². The second-order valence-corrected chi connectivity index (χ2v) is 7.04. The Balaban J connectivity index is 2.00. The molecule has 1 fully saturated rings. The first-order chi connectivity index (χ1) is 12.0. The van der Waals surface area contributed by atoms with Gasteiger partial charge in [-0.1, -0.05) is 6.07 Å². The van der Waals surface area contributed by atoms with Crippen LogP contribution in [-0.4, -0.2) is 37.9 Å². The van der Waals surface area contributed by atoms with Gasteiger partial charge in [0.25, 0.3) is 0 Å². The Morgan fingerprint density at radius 3 is 2.40 bits per heavy atom. The number of quaternary nitrogens is 1. The number of ether oxygens (including phenoxy) is 3. The van der Waals surface area contributed by atoms with E-state index >= 15 is 0 Å². The summed E-state index contributed by atoms with van der Waals surface area (Å²) in [4.78, 5) is 12.4. The molecule has 1 heterocycles. The average molecular weight is 350 g/mol. The van der Waals surface area contributed by atoms with E-state index in [2.05, 4.69) is 5.32 Å². The molecule has 0 spiro atoms. The van der Waals surface area contributed by atoms with E-state index in [0.717, 1.165) is 31.5 Å². The summed E-state index contributed by atoms with van der Waals surface area (Å²) in [6.07, 6.45) is 2.43. The molecule has 5 nitrogen and oxygen atoms in total. The van der Waals surface area contributed by atoms with Crippen LogP contribution in [0.3, 0.4) is 0 Å². The summed E-state index contributed by atoms with van der Waals surface area (Å²) in [5, 5.41) is 2.32. The number of hydrogen-bond acceptors (Lipinski definition) is 4. The van der Waals surface area contributed by atoms with E-state index in [0.29, 0.717) is 30.6 Å². The van der Waals surface area contributed by atoms with Crippen LogP contribution in [0.25, 0.3) is 0 Å². The summed E-state index contributed by atoms with van der Waals surface area (Å²) < 4.78 is 17.0. The van der Waals surface area contributed by atoms with E-state index < -0.39 is 5.60 Å². The molecule has 0 amide bonds. The maximum Gasteiger partial charge on any atom is 0.310 e. The van der Waals surface area contributed by atoms with Crippen LogP contribution in [0.1, 0.15) is 46.1 Å². The van der Waals surface area contributed by atoms with E-state index in [-0.39, 0.29) is 12.4 Å². The van der Waals surface area contributed by atoms with Crippen LogP contribution in [0.4, 0.5) is 0 Å². The summed E-state index contributed by atoms with van der Waals surface area (Å²) in [5.74, 6) is 1.63. The first kappa shape index (κ1) is 19.6. The van der Waals surface area contributed by atoms with Gasteiger partial charge in [-0.25, -0.2) is 0 Å². The van der Waals surface area contributed by atoms with Crippen molar-refractivity contribution in [3.63, 3.8) is 0 Å². The number of benzene rings is 1. The van der Waals surface area contributed by atoms with Crippen LogP contribution in [0.5, 0.6) is 11.5 Å². The molecule has 1 saturated heterocycles. The second kappa shape index (κ2) is 9.09. The van der Waals surface area contributed by atoms with Crippen molar-refractivity contribution in [1.29, 1.82) is 0 Å². The molecule has 5 heteroatoms. The van der Waals surface area contributed by atoms with Crippen LogP contribution >= 0.6 is 0 Å². The van der Waals surface area contributed by atoms with Crippen LogP contribution < -0.4 is 14.8 Å². The molecule has 140 valence electrons. The van der Waals surface area contributed by atoms with Gasteiger partial charge in [0.2, 0.25) is 0 Å². The Kier molecular flexibility index (Phi) is 7.12. The fourth-order valence-corrected chi connectivity index (χ4v) is 3.41. The predicted octanol–water partition coefficient (Wildman–Crippen LogP) is 2.32. The number of esters is 1. The molecular weight excluding hydrogens is 318 g/mol.